The van der Waals surface area contributed by atoms with Crippen molar-refractivity contribution in [2.24, 2.45) is 9.50 Å². The van der Waals surface area contributed by atoms with E-state index in [9.17, 15) is 13.4 Å². The fourth-order valence-electron chi connectivity index (χ4n) is 4.72. The first-order valence-electron chi connectivity index (χ1n) is 10.2. The van der Waals surface area contributed by atoms with E-state index in [-0.39, 0.29) is 23.3 Å². The molecular formula is C20H24FN5O4S. The predicted molar refractivity (Wildman–Crippen MR) is 111 cm³/mol. The molecule has 5 rings (SSSR count). The van der Waals surface area contributed by atoms with Crippen LogP contribution in [0.1, 0.15) is 28.7 Å². The Labute approximate surface area is 179 Å². The van der Waals surface area contributed by atoms with Gasteiger partial charge in [-0.2, -0.15) is 5.10 Å². The van der Waals surface area contributed by atoms with E-state index < -0.39 is 22.1 Å². The molecule has 9 nitrogen and oxygen atoms in total. The van der Waals surface area contributed by atoms with E-state index in [0.29, 0.717) is 25.3 Å². The van der Waals surface area contributed by atoms with Crippen LogP contribution >= 0.6 is 0 Å². The summed E-state index contributed by atoms with van der Waals surface area (Å²) in [4.78, 5) is 12.8. The maximum absolute atomic E-state index is 14.1. The van der Waals surface area contributed by atoms with Gasteiger partial charge in [0.15, 0.2) is 9.92 Å². The minimum absolute atomic E-state index is 0.0635. The van der Waals surface area contributed by atoms with Crippen LogP contribution in [-0.2, 0) is 46.9 Å². The van der Waals surface area contributed by atoms with Crippen LogP contribution in [0.2, 0.25) is 0 Å². The Morgan fingerprint density at radius 3 is 3.06 bits per heavy atom. The minimum atomic E-state index is -3.60. The molecule has 1 unspecified atom stereocenters. The Kier molecular flexibility index (Phi) is 4.98. The number of aryl methyl sites for hydroxylation is 1. The van der Waals surface area contributed by atoms with E-state index in [2.05, 4.69) is 20.8 Å². The number of halogens is 1. The van der Waals surface area contributed by atoms with Crippen molar-refractivity contribution in [1.29, 1.82) is 0 Å². The number of carbonyl (C=O) groups is 1. The van der Waals surface area contributed by atoms with Gasteiger partial charge in [0, 0.05) is 25.6 Å². The number of ether oxygens (including phenoxy) is 2. The average Bonchev–Trinajstić information content (AvgIpc) is 3.43. The lowest BCUT2D eigenvalue weighted by Gasteiger charge is -2.15. The summed E-state index contributed by atoms with van der Waals surface area (Å²) in [5.41, 5.74) is 4.47. The van der Waals surface area contributed by atoms with Crippen LogP contribution in [0.25, 0.3) is 0 Å². The van der Waals surface area contributed by atoms with Crippen molar-refractivity contribution in [3.8, 4) is 5.88 Å². The molecule has 11 heteroatoms. The number of amides is 2. The van der Waals surface area contributed by atoms with Gasteiger partial charge in [-0.05, 0) is 41.5 Å². The first-order chi connectivity index (χ1) is 14.9. The molecular weight excluding hydrogens is 425 g/mol. The van der Waals surface area contributed by atoms with Gasteiger partial charge < -0.3 is 14.8 Å². The van der Waals surface area contributed by atoms with E-state index in [1.807, 2.05) is 0 Å². The lowest BCUT2D eigenvalue weighted by Crippen LogP contribution is -2.22. The molecule has 0 saturated carbocycles. The third kappa shape index (κ3) is 3.60. The molecule has 2 amide bonds. The summed E-state index contributed by atoms with van der Waals surface area (Å²) in [6, 6.07) is 1.23. The highest BCUT2D eigenvalue weighted by Gasteiger charge is 2.32. The number of anilines is 1. The number of nitrogens with one attached hydrogen (secondary N) is 1. The molecule has 2 aromatic rings. The number of alkyl halides is 1. The summed E-state index contributed by atoms with van der Waals surface area (Å²) in [6.07, 6.45) is 3.35. The van der Waals surface area contributed by atoms with E-state index in [0.717, 1.165) is 41.5 Å². The Morgan fingerprint density at radius 1 is 1.42 bits per heavy atom. The largest absolute Gasteiger partial charge is 0.469 e. The van der Waals surface area contributed by atoms with Gasteiger partial charge in [0.1, 0.15) is 17.2 Å². The summed E-state index contributed by atoms with van der Waals surface area (Å²) in [7, 11) is -2.04. The summed E-state index contributed by atoms with van der Waals surface area (Å²) in [5.74, 6) is 0.230. The summed E-state index contributed by atoms with van der Waals surface area (Å²) in [6.45, 7) is 0.767. The molecule has 31 heavy (non-hydrogen) atoms. The number of nitrogens with zero attached hydrogens (tertiary/aromatic N) is 3. The van der Waals surface area contributed by atoms with Crippen molar-refractivity contribution >= 4 is 21.6 Å². The van der Waals surface area contributed by atoms with Crippen molar-refractivity contribution in [2.45, 2.75) is 55.8 Å². The molecule has 3 N–H and O–H groups in total. The normalized spacial score (nSPS) is 22.9. The van der Waals surface area contributed by atoms with Crippen LogP contribution in [0.3, 0.4) is 0 Å². The molecule has 0 fully saturated rings. The SMILES string of the molecule is COC[C@@H]1Cn2ncc(S(N)(=O)=NC(=O)Nc3c4c(cc5c3C[C@@H](F)C5)CCC4)c2O1. The number of benzene rings is 1. The van der Waals surface area contributed by atoms with E-state index in [4.69, 9.17) is 14.6 Å². The molecule has 0 spiro atoms. The molecule has 0 radical (unpaired) electrons. The number of fused-ring (bicyclic) bond motifs is 3. The van der Waals surface area contributed by atoms with Crippen molar-refractivity contribution in [3.05, 3.63) is 34.5 Å². The minimum Gasteiger partial charge on any atom is -0.469 e. The van der Waals surface area contributed by atoms with Crippen LogP contribution in [0.15, 0.2) is 21.5 Å². The Morgan fingerprint density at radius 2 is 2.26 bits per heavy atom. The number of hydrogen-bond donors (Lipinski definition) is 2. The highest BCUT2D eigenvalue weighted by molar-refractivity contribution is 7.91. The van der Waals surface area contributed by atoms with Crippen molar-refractivity contribution in [1.82, 2.24) is 9.78 Å². The first-order valence-corrected chi connectivity index (χ1v) is 11.8. The highest BCUT2D eigenvalue weighted by Crippen LogP contribution is 2.39. The van der Waals surface area contributed by atoms with E-state index in [1.165, 1.54) is 10.9 Å². The topological polar surface area (TPSA) is 121 Å². The fraction of sp³-hybridized carbons (Fsp3) is 0.500. The lowest BCUT2D eigenvalue weighted by atomic mass is 9.99. The third-order valence-electron chi connectivity index (χ3n) is 6.00. The summed E-state index contributed by atoms with van der Waals surface area (Å²) >= 11 is 0. The second-order valence-electron chi connectivity index (χ2n) is 8.17. The standard InChI is InChI=1S/C20H24FN5O4S/c1-29-10-14-9-26-19(30-14)17(8-23-26)31(22,28)25-20(27)24-18-15-4-2-3-11(15)5-12-6-13(21)7-16(12)18/h5,8,13-14H,2-4,6-7,9-10H2,1H3,(H3,22,24,25,27,28)/t13-,14-,31?/m0/s1. The molecule has 2 heterocycles. The van der Waals surface area contributed by atoms with Gasteiger partial charge in [0.05, 0.1) is 19.3 Å². The van der Waals surface area contributed by atoms with Gasteiger partial charge in [-0.15, -0.1) is 4.36 Å². The van der Waals surface area contributed by atoms with Crippen LogP contribution in [-0.4, -0.2) is 46.0 Å². The first kappa shape index (κ1) is 20.4. The second-order valence-corrected chi connectivity index (χ2v) is 9.93. The number of nitrogens with two attached hydrogens (primary N) is 1. The van der Waals surface area contributed by atoms with Crippen molar-refractivity contribution in [3.63, 3.8) is 0 Å². The number of urea groups is 1. The predicted octanol–water partition coefficient (Wildman–Crippen LogP) is 2.15. The van der Waals surface area contributed by atoms with Gasteiger partial charge in [0.25, 0.3) is 0 Å². The third-order valence-corrected chi connectivity index (χ3v) is 7.35. The van der Waals surface area contributed by atoms with E-state index >= 15 is 0 Å². The maximum Gasteiger partial charge on any atom is 0.354 e. The zero-order chi connectivity index (χ0) is 21.8. The van der Waals surface area contributed by atoms with Gasteiger partial charge >= 0.3 is 6.03 Å². The van der Waals surface area contributed by atoms with Gasteiger partial charge in [-0.1, -0.05) is 6.07 Å². The fourth-order valence-corrected chi connectivity index (χ4v) is 5.71. The molecule has 1 aliphatic heterocycles. The van der Waals surface area contributed by atoms with Gasteiger partial charge in [-0.3, -0.25) is 0 Å². The molecule has 3 aliphatic rings. The number of carbonyl (C=O) groups excluding carboxylic acids is 1. The Balaban J connectivity index is 1.44. The Bertz CT molecular complexity index is 1190. The zero-order valence-corrected chi connectivity index (χ0v) is 17.9. The van der Waals surface area contributed by atoms with Crippen LogP contribution in [0.4, 0.5) is 14.9 Å². The van der Waals surface area contributed by atoms with Gasteiger partial charge in [0.2, 0.25) is 5.88 Å². The Hall–Kier alpha value is -2.50. The molecule has 166 valence electrons. The second kappa shape index (κ2) is 7.57. The monoisotopic (exact) mass is 449 g/mol. The molecule has 0 saturated heterocycles. The molecule has 3 atom stereocenters. The number of rotatable bonds is 4. The lowest BCUT2D eigenvalue weighted by molar-refractivity contribution is 0.0920. The van der Waals surface area contributed by atoms with Crippen LogP contribution in [0, 0.1) is 0 Å². The van der Waals surface area contributed by atoms with Crippen molar-refractivity contribution in [2.75, 3.05) is 19.0 Å². The van der Waals surface area contributed by atoms with Gasteiger partial charge in [-0.25, -0.2) is 23.2 Å². The smallest absolute Gasteiger partial charge is 0.354 e. The maximum atomic E-state index is 14.1. The van der Waals surface area contributed by atoms with Crippen molar-refractivity contribution < 1.29 is 22.9 Å². The molecule has 0 bridgehead atoms. The number of aromatic nitrogens is 2. The number of methoxy groups -OCH3 is 1. The summed E-state index contributed by atoms with van der Waals surface area (Å²) in [5, 5.41) is 12.8. The summed E-state index contributed by atoms with van der Waals surface area (Å²) < 4.78 is 43.3. The molecule has 2 aliphatic carbocycles. The quantitative estimate of drug-likeness (QED) is 0.741. The highest BCUT2D eigenvalue weighted by atomic mass is 32.2. The zero-order valence-electron chi connectivity index (χ0n) is 17.1. The number of hydrogen-bond acceptors (Lipinski definition) is 5. The van der Waals surface area contributed by atoms with Crippen LogP contribution in [0.5, 0.6) is 5.88 Å². The van der Waals surface area contributed by atoms with Crippen LogP contribution < -0.4 is 15.2 Å². The molecule has 1 aromatic heterocycles. The molecule has 1 aromatic carbocycles. The van der Waals surface area contributed by atoms with E-state index in [1.54, 1.807) is 7.11 Å². The average molecular weight is 450 g/mol.